The number of hydrogen-bond acceptors (Lipinski definition) is 4. The van der Waals surface area contributed by atoms with E-state index < -0.39 is 10.0 Å². The number of nitrogens with two attached hydrogens (primary N) is 1. The largest absolute Gasteiger partial charge is 0.399 e. The van der Waals surface area contributed by atoms with Gasteiger partial charge in [0.2, 0.25) is 10.0 Å². The Labute approximate surface area is 123 Å². The quantitative estimate of drug-likeness (QED) is 0.805. The molecule has 0 aliphatic rings. The molecule has 0 aliphatic carbocycles. The molecule has 0 radical (unpaired) electrons. The third-order valence-electron chi connectivity index (χ3n) is 2.93. The molecule has 0 fully saturated rings. The predicted molar refractivity (Wildman–Crippen MR) is 83.1 cm³/mol. The van der Waals surface area contributed by atoms with Crippen LogP contribution in [0.5, 0.6) is 0 Å². The van der Waals surface area contributed by atoms with Gasteiger partial charge in [0.15, 0.2) is 0 Å². The monoisotopic (exact) mass is 310 g/mol. The number of benzene rings is 1. The lowest BCUT2D eigenvalue weighted by Gasteiger charge is -2.17. The van der Waals surface area contributed by atoms with Crippen LogP contribution in [0.2, 0.25) is 0 Å². The number of nitrogen functional groups attached to an aromatic ring is 1. The average molecular weight is 310 g/mol. The van der Waals surface area contributed by atoms with E-state index in [0.717, 1.165) is 17.7 Å². The third-order valence-corrected chi connectivity index (χ3v) is 5.39. The number of thiophene rings is 1. The molecule has 0 bridgehead atoms. The summed E-state index contributed by atoms with van der Waals surface area (Å²) >= 11 is 1.56. The van der Waals surface area contributed by atoms with Crippen LogP contribution in [0.1, 0.15) is 30.7 Å². The first-order valence-corrected chi connectivity index (χ1v) is 8.80. The van der Waals surface area contributed by atoms with Gasteiger partial charge in [0.05, 0.1) is 10.9 Å². The highest BCUT2D eigenvalue weighted by molar-refractivity contribution is 7.89. The smallest absolute Gasteiger partial charge is 0.241 e. The van der Waals surface area contributed by atoms with Gasteiger partial charge in [-0.25, -0.2) is 13.1 Å². The Kier molecular flexibility index (Phi) is 4.80. The van der Waals surface area contributed by atoms with Crippen LogP contribution in [-0.2, 0) is 10.0 Å². The lowest BCUT2D eigenvalue weighted by molar-refractivity contribution is 0.540. The fourth-order valence-electron chi connectivity index (χ4n) is 1.97. The van der Waals surface area contributed by atoms with E-state index in [1.165, 1.54) is 6.07 Å². The topological polar surface area (TPSA) is 72.2 Å². The molecule has 2 aromatic rings. The van der Waals surface area contributed by atoms with Gasteiger partial charge in [0, 0.05) is 10.6 Å². The number of anilines is 1. The van der Waals surface area contributed by atoms with E-state index >= 15 is 0 Å². The average Bonchev–Trinajstić information content (AvgIpc) is 2.92. The highest BCUT2D eigenvalue weighted by Crippen LogP contribution is 2.25. The second-order valence-corrected chi connectivity index (χ2v) is 7.24. The third kappa shape index (κ3) is 3.59. The summed E-state index contributed by atoms with van der Waals surface area (Å²) < 4.78 is 27.6. The van der Waals surface area contributed by atoms with Gasteiger partial charge in [0.25, 0.3) is 0 Å². The number of hydrogen-bond donors (Lipinski definition) is 2. The molecule has 1 aromatic heterocycles. The van der Waals surface area contributed by atoms with Crippen molar-refractivity contribution in [3.8, 4) is 0 Å². The van der Waals surface area contributed by atoms with Crippen molar-refractivity contribution in [1.29, 1.82) is 0 Å². The van der Waals surface area contributed by atoms with Crippen LogP contribution >= 0.6 is 11.3 Å². The molecule has 0 spiro atoms. The number of nitrogens with one attached hydrogen (secondary N) is 1. The molecule has 1 heterocycles. The number of rotatable bonds is 6. The second kappa shape index (κ2) is 6.39. The van der Waals surface area contributed by atoms with Crippen molar-refractivity contribution in [1.82, 2.24) is 4.72 Å². The van der Waals surface area contributed by atoms with E-state index in [4.69, 9.17) is 5.73 Å². The Bertz CT molecular complexity index is 652. The molecular formula is C14H18N2O2S2. The van der Waals surface area contributed by atoms with Crippen LogP contribution in [0.15, 0.2) is 46.7 Å². The first-order valence-electron chi connectivity index (χ1n) is 6.44. The van der Waals surface area contributed by atoms with Crippen molar-refractivity contribution in [2.75, 3.05) is 5.73 Å². The summed E-state index contributed by atoms with van der Waals surface area (Å²) in [7, 11) is -3.55. The lowest BCUT2D eigenvalue weighted by Crippen LogP contribution is -2.28. The highest BCUT2D eigenvalue weighted by atomic mass is 32.2. The Hall–Kier alpha value is -1.37. The van der Waals surface area contributed by atoms with E-state index in [2.05, 4.69) is 4.72 Å². The van der Waals surface area contributed by atoms with Crippen LogP contribution in [0, 0.1) is 0 Å². The van der Waals surface area contributed by atoms with Crippen molar-refractivity contribution >= 4 is 27.0 Å². The van der Waals surface area contributed by atoms with Gasteiger partial charge in [-0.2, -0.15) is 0 Å². The fourth-order valence-corrected chi connectivity index (χ4v) is 4.17. The van der Waals surface area contributed by atoms with Crippen LogP contribution in [0.25, 0.3) is 0 Å². The summed E-state index contributed by atoms with van der Waals surface area (Å²) in [6.07, 6.45) is 1.67. The lowest BCUT2D eigenvalue weighted by atomic mass is 10.1. The zero-order chi connectivity index (χ0) is 14.6. The summed E-state index contributed by atoms with van der Waals surface area (Å²) in [5.41, 5.74) is 6.09. The van der Waals surface area contributed by atoms with Gasteiger partial charge < -0.3 is 5.73 Å². The van der Waals surface area contributed by atoms with Crippen LogP contribution < -0.4 is 10.5 Å². The molecule has 4 nitrogen and oxygen atoms in total. The minimum absolute atomic E-state index is 0.188. The molecule has 0 amide bonds. The normalized spacial score (nSPS) is 13.2. The summed E-state index contributed by atoms with van der Waals surface area (Å²) in [6, 6.07) is 10.0. The summed E-state index contributed by atoms with van der Waals surface area (Å²) in [4.78, 5) is 1.23. The van der Waals surface area contributed by atoms with Gasteiger partial charge in [-0.15, -0.1) is 11.3 Å². The maximum atomic E-state index is 12.4. The molecule has 108 valence electrons. The molecule has 20 heavy (non-hydrogen) atoms. The van der Waals surface area contributed by atoms with Gasteiger partial charge >= 0.3 is 0 Å². The van der Waals surface area contributed by atoms with Crippen molar-refractivity contribution in [2.24, 2.45) is 0 Å². The standard InChI is InChI=1S/C14H18N2O2S2/c1-2-5-13(14-8-4-9-19-14)16-20(17,18)12-7-3-6-11(15)10-12/h3-4,6-10,13,16H,2,5,15H2,1H3. The second-order valence-electron chi connectivity index (χ2n) is 4.55. The first kappa shape index (κ1) is 15.0. The van der Waals surface area contributed by atoms with E-state index in [-0.39, 0.29) is 10.9 Å². The van der Waals surface area contributed by atoms with Gasteiger partial charge in [-0.3, -0.25) is 0 Å². The maximum absolute atomic E-state index is 12.4. The van der Waals surface area contributed by atoms with Crippen LogP contribution in [0.4, 0.5) is 5.69 Å². The van der Waals surface area contributed by atoms with E-state index in [1.54, 1.807) is 29.5 Å². The Balaban J connectivity index is 2.25. The molecule has 0 saturated carbocycles. The first-order chi connectivity index (χ1) is 9.53. The fraction of sp³-hybridized carbons (Fsp3) is 0.286. The SMILES string of the molecule is CCCC(NS(=O)(=O)c1cccc(N)c1)c1cccs1. The summed E-state index contributed by atoms with van der Waals surface area (Å²) in [5.74, 6) is 0. The summed E-state index contributed by atoms with van der Waals surface area (Å²) in [6.45, 7) is 2.04. The maximum Gasteiger partial charge on any atom is 0.241 e. The van der Waals surface area contributed by atoms with Crippen molar-refractivity contribution in [2.45, 2.75) is 30.7 Å². The Morgan fingerprint density at radius 3 is 2.70 bits per heavy atom. The van der Waals surface area contributed by atoms with Gasteiger partial charge in [-0.05, 0) is 36.1 Å². The van der Waals surface area contributed by atoms with Gasteiger partial charge in [0.1, 0.15) is 0 Å². The molecule has 1 unspecified atom stereocenters. The molecule has 3 N–H and O–H groups in total. The molecule has 1 aromatic carbocycles. The highest BCUT2D eigenvalue weighted by Gasteiger charge is 2.21. The Morgan fingerprint density at radius 1 is 1.30 bits per heavy atom. The van der Waals surface area contributed by atoms with E-state index in [9.17, 15) is 8.42 Å². The van der Waals surface area contributed by atoms with Crippen LogP contribution in [0.3, 0.4) is 0 Å². The van der Waals surface area contributed by atoms with Crippen LogP contribution in [-0.4, -0.2) is 8.42 Å². The molecule has 0 saturated heterocycles. The minimum Gasteiger partial charge on any atom is -0.399 e. The predicted octanol–water partition coefficient (Wildman–Crippen LogP) is 3.15. The van der Waals surface area contributed by atoms with Gasteiger partial charge in [-0.1, -0.05) is 25.5 Å². The van der Waals surface area contributed by atoms with Crippen molar-refractivity contribution < 1.29 is 8.42 Å². The zero-order valence-corrected chi connectivity index (χ0v) is 12.9. The Morgan fingerprint density at radius 2 is 2.10 bits per heavy atom. The summed E-state index contributed by atoms with van der Waals surface area (Å²) in [5, 5.41) is 1.95. The van der Waals surface area contributed by atoms with Crippen molar-refractivity contribution in [3.05, 3.63) is 46.7 Å². The minimum atomic E-state index is -3.55. The van der Waals surface area contributed by atoms with E-state index in [0.29, 0.717) is 5.69 Å². The molecule has 6 heteroatoms. The molecule has 2 rings (SSSR count). The molecular weight excluding hydrogens is 292 g/mol. The zero-order valence-electron chi connectivity index (χ0n) is 11.2. The molecule has 0 aliphatic heterocycles. The van der Waals surface area contributed by atoms with Crippen molar-refractivity contribution in [3.63, 3.8) is 0 Å². The molecule has 1 atom stereocenters. The van der Waals surface area contributed by atoms with E-state index in [1.807, 2.05) is 24.4 Å². The number of sulfonamides is 1.